The minimum Gasteiger partial charge on any atom is -0.364 e. The van der Waals surface area contributed by atoms with Crippen molar-refractivity contribution >= 4 is 5.69 Å². The van der Waals surface area contributed by atoms with Crippen molar-refractivity contribution < 1.29 is 4.39 Å². The van der Waals surface area contributed by atoms with Gasteiger partial charge < -0.3 is 10.6 Å². The van der Waals surface area contributed by atoms with Crippen molar-refractivity contribution in [1.29, 1.82) is 0 Å². The molecule has 0 spiro atoms. The average Bonchev–Trinajstić information content (AvgIpc) is 2.46. The predicted octanol–water partition coefficient (Wildman–Crippen LogP) is 3.41. The second-order valence-corrected chi connectivity index (χ2v) is 5.44. The van der Waals surface area contributed by atoms with Gasteiger partial charge in [-0.05, 0) is 42.2 Å². The molecule has 0 saturated carbocycles. The van der Waals surface area contributed by atoms with Crippen LogP contribution in [0.3, 0.4) is 0 Å². The van der Waals surface area contributed by atoms with Crippen LogP contribution in [0.25, 0.3) is 0 Å². The molecule has 2 nitrogen and oxygen atoms in total. The predicted molar refractivity (Wildman–Crippen MR) is 80.2 cm³/mol. The van der Waals surface area contributed by atoms with E-state index >= 15 is 0 Å². The lowest BCUT2D eigenvalue weighted by atomic mass is 9.99. The fraction of sp³-hybridized carbons (Fsp3) is 0.294. The number of fused-ring (bicyclic) bond motifs is 1. The highest BCUT2D eigenvalue weighted by Gasteiger charge is 2.19. The zero-order valence-electron chi connectivity index (χ0n) is 11.6. The molecule has 0 aromatic heterocycles. The van der Waals surface area contributed by atoms with Crippen molar-refractivity contribution in [2.45, 2.75) is 25.9 Å². The highest BCUT2D eigenvalue weighted by molar-refractivity contribution is 5.52. The van der Waals surface area contributed by atoms with Crippen LogP contribution in [0.15, 0.2) is 42.5 Å². The van der Waals surface area contributed by atoms with Gasteiger partial charge in [-0.15, -0.1) is 0 Å². The molecule has 0 unspecified atom stereocenters. The fourth-order valence-electron chi connectivity index (χ4n) is 2.76. The van der Waals surface area contributed by atoms with Gasteiger partial charge in [-0.2, -0.15) is 0 Å². The molecule has 104 valence electrons. The molecule has 1 aliphatic rings. The second-order valence-electron chi connectivity index (χ2n) is 5.44. The van der Waals surface area contributed by atoms with Crippen LogP contribution in [0.4, 0.5) is 10.1 Å². The Morgan fingerprint density at radius 3 is 2.60 bits per heavy atom. The summed E-state index contributed by atoms with van der Waals surface area (Å²) in [5.41, 5.74) is 9.96. The fourth-order valence-corrected chi connectivity index (χ4v) is 2.76. The molecule has 3 rings (SSSR count). The van der Waals surface area contributed by atoms with Gasteiger partial charge in [0.05, 0.1) is 5.69 Å². The van der Waals surface area contributed by atoms with Crippen LogP contribution in [-0.2, 0) is 13.0 Å². The quantitative estimate of drug-likeness (QED) is 0.906. The number of nitrogens with two attached hydrogens (primary N) is 1. The molecule has 2 N–H and O–H groups in total. The highest BCUT2D eigenvalue weighted by atomic mass is 19.1. The van der Waals surface area contributed by atoms with Crippen LogP contribution >= 0.6 is 0 Å². The molecule has 0 bridgehead atoms. The average molecular weight is 270 g/mol. The lowest BCUT2D eigenvalue weighted by Crippen LogP contribution is -2.31. The Morgan fingerprint density at radius 2 is 1.90 bits per heavy atom. The molecule has 2 aromatic rings. The van der Waals surface area contributed by atoms with Gasteiger partial charge in [0.15, 0.2) is 0 Å². The molecule has 1 atom stereocenters. The van der Waals surface area contributed by atoms with Crippen molar-refractivity contribution in [1.82, 2.24) is 0 Å². The molecule has 0 fully saturated rings. The van der Waals surface area contributed by atoms with Crippen LogP contribution < -0.4 is 10.6 Å². The van der Waals surface area contributed by atoms with Crippen molar-refractivity contribution in [2.75, 3.05) is 11.4 Å². The van der Waals surface area contributed by atoms with E-state index < -0.39 is 0 Å². The number of anilines is 1. The Balaban J connectivity index is 1.88. The molecule has 0 saturated heterocycles. The molecule has 2 aromatic carbocycles. The van der Waals surface area contributed by atoms with E-state index in [4.69, 9.17) is 5.73 Å². The van der Waals surface area contributed by atoms with Gasteiger partial charge in [0.25, 0.3) is 0 Å². The number of rotatable bonds is 2. The Kier molecular flexibility index (Phi) is 3.45. The molecule has 0 amide bonds. The maximum Gasteiger partial charge on any atom is 0.146 e. The summed E-state index contributed by atoms with van der Waals surface area (Å²) < 4.78 is 14.3. The van der Waals surface area contributed by atoms with Crippen LogP contribution in [0.5, 0.6) is 0 Å². The molecule has 3 heteroatoms. The third kappa shape index (κ3) is 2.41. The first-order chi connectivity index (χ1) is 9.65. The van der Waals surface area contributed by atoms with E-state index in [1.54, 1.807) is 6.07 Å². The van der Waals surface area contributed by atoms with Gasteiger partial charge in [-0.3, -0.25) is 0 Å². The van der Waals surface area contributed by atoms with E-state index in [9.17, 15) is 4.39 Å². The molecule has 20 heavy (non-hydrogen) atoms. The maximum atomic E-state index is 14.3. The van der Waals surface area contributed by atoms with Gasteiger partial charge in [0.2, 0.25) is 0 Å². The lowest BCUT2D eigenvalue weighted by Gasteiger charge is -2.31. The first-order valence-corrected chi connectivity index (χ1v) is 7.02. The van der Waals surface area contributed by atoms with Crippen molar-refractivity contribution in [3.63, 3.8) is 0 Å². The summed E-state index contributed by atoms with van der Waals surface area (Å²) in [4.78, 5) is 2.10. The van der Waals surface area contributed by atoms with Crippen molar-refractivity contribution in [2.24, 2.45) is 5.73 Å². The SMILES string of the molecule is C[C@H](N)c1ccc(N2CCc3ccccc3C2)c(F)c1. The Labute approximate surface area is 119 Å². The van der Waals surface area contributed by atoms with Gasteiger partial charge in [0.1, 0.15) is 5.82 Å². The summed E-state index contributed by atoms with van der Waals surface area (Å²) in [6.07, 6.45) is 0.963. The molecule has 0 radical (unpaired) electrons. The van der Waals surface area contributed by atoms with E-state index in [0.717, 1.165) is 25.1 Å². The van der Waals surface area contributed by atoms with Gasteiger partial charge in [0, 0.05) is 19.1 Å². The number of benzene rings is 2. The minimum atomic E-state index is -0.181. The van der Waals surface area contributed by atoms with Crippen molar-refractivity contribution in [3.8, 4) is 0 Å². The number of hydrogen-bond acceptors (Lipinski definition) is 2. The standard InChI is InChI=1S/C17H19FN2/c1-12(19)14-6-7-17(16(18)10-14)20-9-8-13-4-2-3-5-15(13)11-20/h2-7,10,12H,8-9,11,19H2,1H3/t12-/m0/s1. The molecule has 0 aliphatic carbocycles. The first kappa shape index (κ1) is 13.1. The summed E-state index contributed by atoms with van der Waals surface area (Å²) in [6, 6.07) is 13.6. The largest absolute Gasteiger partial charge is 0.364 e. The third-order valence-electron chi connectivity index (χ3n) is 3.97. The van der Waals surface area contributed by atoms with E-state index in [0.29, 0.717) is 5.69 Å². The Bertz CT molecular complexity index is 622. The van der Waals surface area contributed by atoms with Crippen LogP contribution in [0, 0.1) is 5.82 Å². The molecule has 1 aliphatic heterocycles. The number of halogens is 1. The number of hydrogen-bond donors (Lipinski definition) is 1. The molecule has 1 heterocycles. The van der Waals surface area contributed by atoms with Crippen molar-refractivity contribution in [3.05, 3.63) is 65.0 Å². The van der Waals surface area contributed by atoms with Crippen LogP contribution in [0.1, 0.15) is 29.7 Å². The maximum absolute atomic E-state index is 14.3. The molecular weight excluding hydrogens is 251 g/mol. The summed E-state index contributed by atoms with van der Waals surface area (Å²) in [5, 5.41) is 0. The highest BCUT2D eigenvalue weighted by Crippen LogP contribution is 2.28. The van der Waals surface area contributed by atoms with E-state index in [1.165, 1.54) is 11.1 Å². The van der Waals surface area contributed by atoms with Gasteiger partial charge >= 0.3 is 0 Å². The topological polar surface area (TPSA) is 29.3 Å². The molecular formula is C17H19FN2. The van der Waals surface area contributed by atoms with Gasteiger partial charge in [-0.1, -0.05) is 30.3 Å². The zero-order valence-corrected chi connectivity index (χ0v) is 11.6. The second kappa shape index (κ2) is 5.25. The van der Waals surface area contributed by atoms with Crippen LogP contribution in [-0.4, -0.2) is 6.54 Å². The van der Waals surface area contributed by atoms with E-state index in [-0.39, 0.29) is 11.9 Å². The van der Waals surface area contributed by atoms with Gasteiger partial charge in [-0.25, -0.2) is 4.39 Å². The smallest absolute Gasteiger partial charge is 0.146 e. The zero-order chi connectivity index (χ0) is 14.1. The summed E-state index contributed by atoms with van der Waals surface area (Å²) in [6.45, 7) is 3.49. The summed E-state index contributed by atoms with van der Waals surface area (Å²) in [5.74, 6) is -0.181. The number of nitrogens with zero attached hydrogens (tertiary/aromatic N) is 1. The minimum absolute atomic E-state index is 0.138. The lowest BCUT2D eigenvalue weighted by molar-refractivity contribution is 0.606. The summed E-state index contributed by atoms with van der Waals surface area (Å²) in [7, 11) is 0. The first-order valence-electron chi connectivity index (χ1n) is 7.02. The normalized spacial score (nSPS) is 15.8. The monoisotopic (exact) mass is 270 g/mol. The van der Waals surface area contributed by atoms with E-state index in [2.05, 4.69) is 23.1 Å². The van der Waals surface area contributed by atoms with Crippen LogP contribution in [0.2, 0.25) is 0 Å². The third-order valence-corrected chi connectivity index (χ3v) is 3.97. The Morgan fingerprint density at radius 1 is 1.15 bits per heavy atom. The Hall–Kier alpha value is -1.87. The summed E-state index contributed by atoms with van der Waals surface area (Å²) >= 11 is 0. The van der Waals surface area contributed by atoms with E-state index in [1.807, 2.05) is 25.1 Å².